The third-order valence-electron chi connectivity index (χ3n) is 3.00. The quantitative estimate of drug-likeness (QED) is 0.844. The second-order valence-electron chi connectivity index (χ2n) is 4.18. The maximum absolute atomic E-state index is 12.5. The van der Waals surface area contributed by atoms with Crippen molar-refractivity contribution < 1.29 is 13.2 Å². The van der Waals surface area contributed by atoms with Crippen molar-refractivity contribution in [3.63, 3.8) is 0 Å². The predicted octanol–water partition coefficient (Wildman–Crippen LogP) is 4.10. The van der Waals surface area contributed by atoms with E-state index in [-0.39, 0.29) is 5.92 Å². The van der Waals surface area contributed by atoms with E-state index >= 15 is 0 Å². The van der Waals surface area contributed by atoms with Crippen LogP contribution in [0.5, 0.6) is 0 Å². The van der Waals surface area contributed by atoms with Crippen LogP contribution in [0.3, 0.4) is 0 Å². The third-order valence-corrected chi connectivity index (χ3v) is 3.00. The van der Waals surface area contributed by atoms with Gasteiger partial charge in [0, 0.05) is 11.3 Å². The van der Waals surface area contributed by atoms with Crippen LogP contribution in [0.2, 0.25) is 0 Å². The summed E-state index contributed by atoms with van der Waals surface area (Å²) in [6, 6.07) is 3.70. The van der Waals surface area contributed by atoms with Crippen molar-refractivity contribution in [3.8, 4) is 0 Å². The molecule has 0 saturated carbocycles. The number of benzene rings is 1. The highest BCUT2D eigenvalue weighted by molar-refractivity contribution is 5.82. The zero-order chi connectivity index (χ0) is 12.6. The minimum absolute atomic E-state index is 0.237. The second-order valence-corrected chi connectivity index (χ2v) is 4.18. The molecule has 0 aliphatic carbocycles. The molecular weight excluding hydrogens is 229 g/mol. The van der Waals surface area contributed by atoms with Gasteiger partial charge in [-0.25, -0.2) is 0 Å². The Morgan fingerprint density at radius 1 is 1.35 bits per heavy atom. The number of alkyl halides is 3. The van der Waals surface area contributed by atoms with Crippen molar-refractivity contribution >= 4 is 10.9 Å². The number of hydrogen-bond acceptors (Lipinski definition) is 1. The third kappa shape index (κ3) is 2.14. The largest absolute Gasteiger partial charge is 0.416 e. The molecule has 1 atom stereocenters. The van der Waals surface area contributed by atoms with Crippen LogP contribution in [0.4, 0.5) is 13.2 Å². The van der Waals surface area contributed by atoms with Crippen molar-refractivity contribution in [3.05, 3.63) is 29.5 Å². The van der Waals surface area contributed by atoms with Gasteiger partial charge in [0.25, 0.3) is 0 Å². The van der Waals surface area contributed by atoms with Crippen LogP contribution in [0.1, 0.15) is 37.4 Å². The fourth-order valence-electron chi connectivity index (χ4n) is 1.79. The smallest absolute Gasteiger partial charge is 0.278 e. The van der Waals surface area contributed by atoms with E-state index in [4.69, 9.17) is 0 Å². The summed E-state index contributed by atoms with van der Waals surface area (Å²) in [7, 11) is 0. The summed E-state index contributed by atoms with van der Waals surface area (Å²) in [6.45, 7) is 4.03. The Morgan fingerprint density at radius 3 is 2.65 bits per heavy atom. The van der Waals surface area contributed by atoms with E-state index in [1.165, 1.54) is 6.07 Å². The topological polar surface area (TPSA) is 28.7 Å². The molecule has 5 heteroatoms. The first-order valence-electron chi connectivity index (χ1n) is 5.48. The van der Waals surface area contributed by atoms with Gasteiger partial charge >= 0.3 is 6.18 Å². The molecule has 0 bridgehead atoms. The maximum atomic E-state index is 12.5. The SMILES string of the molecule is CCC(C)c1n[nH]c2cc(C(F)(F)F)ccc12. The second kappa shape index (κ2) is 4.05. The molecule has 2 nitrogen and oxygen atoms in total. The van der Waals surface area contributed by atoms with E-state index < -0.39 is 11.7 Å². The molecule has 1 aromatic carbocycles. The van der Waals surface area contributed by atoms with Gasteiger partial charge in [0.1, 0.15) is 0 Å². The molecule has 0 amide bonds. The predicted molar refractivity (Wildman–Crippen MR) is 59.8 cm³/mol. The summed E-state index contributed by atoms with van der Waals surface area (Å²) >= 11 is 0. The Morgan fingerprint density at radius 2 is 2.06 bits per heavy atom. The average Bonchev–Trinajstić information content (AvgIpc) is 2.69. The van der Waals surface area contributed by atoms with Crippen molar-refractivity contribution in [1.29, 1.82) is 0 Å². The lowest BCUT2D eigenvalue weighted by molar-refractivity contribution is -0.137. The average molecular weight is 242 g/mol. The molecule has 1 unspecified atom stereocenters. The summed E-state index contributed by atoms with van der Waals surface area (Å²) in [5.74, 6) is 0.237. The Bertz CT molecular complexity index is 528. The van der Waals surface area contributed by atoms with E-state index in [0.717, 1.165) is 29.6 Å². The van der Waals surface area contributed by atoms with Gasteiger partial charge in [-0.1, -0.05) is 19.9 Å². The van der Waals surface area contributed by atoms with Crippen molar-refractivity contribution in [2.75, 3.05) is 0 Å². The number of H-pyrrole nitrogens is 1. The summed E-state index contributed by atoms with van der Waals surface area (Å²) in [5.41, 5.74) is 0.621. The summed E-state index contributed by atoms with van der Waals surface area (Å²) in [6.07, 6.45) is -3.41. The van der Waals surface area contributed by atoms with Crippen LogP contribution >= 0.6 is 0 Å². The molecule has 0 spiro atoms. The number of rotatable bonds is 2. The maximum Gasteiger partial charge on any atom is 0.416 e. The van der Waals surface area contributed by atoms with Crippen LogP contribution in [0.25, 0.3) is 10.9 Å². The summed E-state index contributed by atoms with van der Waals surface area (Å²) < 4.78 is 37.5. The van der Waals surface area contributed by atoms with Gasteiger partial charge in [0.15, 0.2) is 0 Å². The van der Waals surface area contributed by atoms with E-state index in [9.17, 15) is 13.2 Å². The van der Waals surface area contributed by atoms with Gasteiger partial charge in [0.2, 0.25) is 0 Å². The highest BCUT2D eigenvalue weighted by Crippen LogP contribution is 2.33. The lowest BCUT2D eigenvalue weighted by Gasteiger charge is -2.07. The van der Waals surface area contributed by atoms with Gasteiger partial charge in [0.05, 0.1) is 16.8 Å². The number of nitrogens with one attached hydrogen (secondary N) is 1. The highest BCUT2D eigenvalue weighted by atomic mass is 19.4. The van der Waals surface area contributed by atoms with E-state index in [0.29, 0.717) is 5.52 Å². The fraction of sp³-hybridized carbons (Fsp3) is 0.417. The molecule has 2 rings (SSSR count). The lowest BCUT2D eigenvalue weighted by Crippen LogP contribution is -2.04. The Hall–Kier alpha value is -1.52. The Labute approximate surface area is 96.8 Å². The van der Waals surface area contributed by atoms with E-state index in [2.05, 4.69) is 10.2 Å². The summed E-state index contributed by atoms with van der Waals surface area (Å²) in [4.78, 5) is 0. The zero-order valence-corrected chi connectivity index (χ0v) is 9.60. The van der Waals surface area contributed by atoms with E-state index in [1.807, 2.05) is 13.8 Å². The van der Waals surface area contributed by atoms with Crippen LogP contribution in [-0.2, 0) is 6.18 Å². The molecule has 1 aromatic heterocycles. The van der Waals surface area contributed by atoms with Crippen molar-refractivity contribution in [2.24, 2.45) is 0 Å². The molecule has 0 saturated heterocycles. The Balaban J connectivity index is 2.52. The van der Waals surface area contributed by atoms with Crippen LogP contribution in [0, 0.1) is 0 Å². The van der Waals surface area contributed by atoms with Gasteiger partial charge in [-0.05, 0) is 18.6 Å². The Kier molecular flexibility index (Phi) is 2.85. The highest BCUT2D eigenvalue weighted by Gasteiger charge is 2.30. The molecule has 0 aliphatic heterocycles. The molecule has 1 heterocycles. The normalized spacial score (nSPS) is 14.2. The summed E-state index contributed by atoms with van der Waals surface area (Å²) in [5, 5.41) is 7.53. The fourth-order valence-corrected chi connectivity index (χ4v) is 1.79. The number of hydrogen-bond donors (Lipinski definition) is 1. The monoisotopic (exact) mass is 242 g/mol. The molecule has 0 radical (unpaired) electrons. The number of aromatic amines is 1. The molecular formula is C12H13F3N2. The zero-order valence-electron chi connectivity index (χ0n) is 9.60. The first kappa shape index (κ1) is 12.0. The van der Waals surface area contributed by atoms with Crippen LogP contribution in [0.15, 0.2) is 18.2 Å². The molecule has 17 heavy (non-hydrogen) atoms. The number of nitrogens with zero attached hydrogens (tertiary/aromatic N) is 1. The minimum Gasteiger partial charge on any atom is -0.278 e. The first-order valence-corrected chi connectivity index (χ1v) is 5.48. The number of fused-ring (bicyclic) bond motifs is 1. The molecule has 92 valence electrons. The molecule has 2 aromatic rings. The van der Waals surface area contributed by atoms with Crippen LogP contribution < -0.4 is 0 Å². The number of halogens is 3. The van der Waals surface area contributed by atoms with Gasteiger partial charge in [-0.15, -0.1) is 0 Å². The molecule has 1 N–H and O–H groups in total. The van der Waals surface area contributed by atoms with Crippen LogP contribution in [-0.4, -0.2) is 10.2 Å². The van der Waals surface area contributed by atoms with Gasteiger partial charge in [-0.2, -0.15) is 18.3 Å². The number of aromatic nitrogens is 2. The first-order chi connectivity index (χ1) is 7.93. The van der Waals surface area contributed by atoms with Gasteiger partial charge in [-0.3, -0.25) is 5.10 Å². The molecule has 0 fully saturated rings. The lowest BCUT2D eigenvalue weighted by atomic mass is 10.0. The molecule has 0 aliphatic rings. The van der Waals surface area contributed by atoms with Crippen molar-refractivity contribution in [2.45, 2.75) is 32.4 Å². The standard InChI is InChI=1S/C12H13F3N2/c1-3-7(2)11-9-5-4-8(12(13,14)15)6-10(9)16-17-11/h4-7H,3H2,1-2H3,(H,16,17). The van der Waals surface area contributed by atoms with E-state index in [1.54, 1.807) is 0 Å². The minimum atomic E-state index is -4.31. The van der Waals surface area contributed by atoms with Crippen molar-refractivity contribution in [1.82, 2.24) is 10.2 Å². The van der Waals surface area contributed by atoms with Gasteiger partial charge < -0.3 is 0 Å².